The van der Waals surface area contributed by atoms with Gasteiger partial charge in [-0.1, -0.05) is 11.6 Å². The van der Waals surface area contributed by atoms with E-state index in [9.17, 15) is 14.0 Å². The smallest absolute Gasteiger partial charge is 0.224 e. The Bertz CT molecular complexity index is 732. The molecule has 1 amide bonds. The monoisotopic (exact) mass is 349 g/mol. The van der Waals surface area contributed by atoms with Crippen LogP contribution in [0.25, 0.3) is 0 Å². The first-order chi connectivity index (χ1) is 11.5. The highest BCUT2D eigenvalue weighted by atomic mass is 35.5. The van der Waals surface area contributed by atoms with Crippen molar-refractivity contribution >= 4 is 29.0 Å². The molecule has 0 saturated heterocycles. The summed E-state index contributed by atoms with van der Waals surface area (Å²) in [6.07, 6.45) is 0.00311. The van der Waals surface area contributed by atoms with Crippen molar-refractivity contribution in [1.82, 2.24) is 0 Å². The fourth-order valence-electron chi connectivity index (χ4n) is 2.08. The molecule has 0 bridgehead atoms. The normalized spacial score (nSPS) is 10.3. The van der Waals surface area contributed by atoms with E-state index in [4.69, 9.17) is 16.3 Å². The van der Waals surface area contributed by atoms with Crippen LogP contribution in [0.2, 0.25) is 5.02 Å². The summed E-state index contributed by atoms with van der Waals surface area (Å²) in [4.78, 5) is 23.9. The Labute approximate surface area is 144 Å². The molecule has 0 aliphatic heterocycles. The minimum absolute atomic E-state index is 0.0336. The molecule has 2 aromatic carbocycles. The van der Waals surface area contributed by atoms with Gasteiger partial charge in [-0.15, -0.1) is 0 Å². The average molecular weight is 350 g/mol. The Hall–Kier alpha value is -2.40. The Morgan fingerprint density at radius 1 is 1.12 bits per heavy atom. The molecule has 4 nitrogen and oxygen atoms in total. The van der Waals surface area contributed by atoms with Crippen molar-refractivity contribution in [2.75, 3.05) is 11.9 Å². The molecule has 0 fully saturated rings. The van der Waals surface area contributed by atoms with Crippen LogP contribution in [0.5, 0.6) is 5.75 Å². The van der Waals surface area contributed by atoms with E-state index in [1.54, 1.807) is 24.3 Å². The molecule has 0 atom stereocenters. The Morgan fingerprint density at radius 3 is 2.46 bits per heavy atom. The molecule has 0 aliphatic carbocycles. The fourth-order valence-corrected chi connectivity index (χ4v) is 2.24. The van der Waals surface area contributed by atoms with Crippen LogP contribution in [0, 0.1) is 5.82 Å². The van der Waals surface area contributed by atoms with Crippen LogP contribution in [-0.4, -0.2) is 18.3 Å². The molecule has 0 spiro atoms. The second-order valence-electron chi connectivity index (χ2n) is 5.05. The topological polar surface area (TPSA) is 55.4 Å². The second kappa shape index (κ2) is 8.45. The first-order valence-electron chi connectivity index (χ1n) is 7.50. The molecule has 2 rings (SSSR count). The number of amides is 1. The van der Waals surface area contributed by atoms with Gasteiger partial charge in [0, 0.05) is 23.4 Å². The minimum atomic E-state index is -0.617. The molecular formula is C18H17ClFNO3. The highest BCUT2D eigenvalue weighted by Crippen LogP contribution is 2.19. The summed E-state index contributed by atoms with van der Waals surface area (Å²) in [5.41, 5.74) is 0.543. The van der Waals surface area contributed by atoms with Gasteiger partial charge in [0.05, 0.1) is 12.3 Å². The van der Waals surface area contributed by atoms with E-state index in [1.807, 2.05) is 6.92 Å². The van der Waals surface area contributed by atoms with Crippen LogP contribution in [0.3, 0.4) is 0 Å². The molecular weight excluding hydrogens is 333 g/mol. The Kier molecular flexibility index (Phi) is 6.32. The number of rotatable bonds is 7. The summed E-state index contributed by atoms with van der Waals surface area (Å²) < 4.78 is 18.9. The number of anilines is 1. The highest BCUT2D eigenvalue weighted by molar-refractivity contribution is 6.30. The first-order valence-corrected chi connectivity index (χ1v) is 7.88. The van der Waals surface area contributed by atoms with Crippen molar-refractivity contribution in [1.29, 1.82) is 0 Å². The van der Waals surface area contributed by atoms with Gasteiger partial charge in [0.15, 0.2) is 5.78 Å². The van der Waals surface area contributed by atoms with Crippen molar-refractivity contribution in [2.45, 2.75) is 19.8 Å². The lowest BCUT2D eigenvalue weighted by Gasteiger charge is -2.07. The quantitative estimate of drug-likeness (QED) is 0.750. The van der Waals surface area contributed by atoms with Gasteiger partial charge in [0.1, 0.15) is 11.6 Å². The van der Waals surface area contributed by atoms with Crippen molar-refractivity contribution in [3.05, 3.63) is 58.9 Å². The largest absolute Gasteiger partial charge is 0.494 e. The van der Waals surface area contributed by atoms with Gasteiger partial charge in [0.2, 0.25) is 5.91 Å². The second-order valence-corrected chi connectivity index (χ2v) is 5.49. The lowest BCUT2D eigenvalue weighted by atomic mass is 10.1. The van der Waals surface area contributed by atoms with Gasteiger partial charge in [-0.3, -0.25) is 9.59 Å². The van der Waals surface area contributed by atoms with E-state index in [1.165, 1.54) is 12.1 Å². The van der Waals surface area contributed by atoms with Gasteiger partial charge in [-0.2, -0.15) is 0 Å². The van der Waals surface area contributed by atoms with Crippen LogP contribution in [-0.2, 0) is 4.79 Å². The van der Waals surface area contributed by atoms with Crippen molar-refractivity contribution in [2.24, 2.45) is 0 Å². The lowest BCUT2D eigenvalue weighted by Crippen LogP contribution is -2.14. The number of carbonyl (C=O) groups is 2. The summed E-state index contributed by atoms with van der Waals surface area (Å²) >= 11 is 5.65. The molecule has 0 radical (unpaired) electrons. The van der Waals surface area contributed by atoms with Gasteiger partial charge in [-0.05, 0) is 49.4 Å². The summed E-state index contributed by atoms with van der Waals surface area (Å²) in [6.45, 7) is 2.43. The number of ketones is 1. The number of halogens is 2. The number of carbonyl (C=O) groups excluding carboxylic acids is 2. The predicted octanol–water partition coefficient (Wildman–Crippen LogP) is 4.48. The maximum absolute atomic E-state index is 13.6. The molecule has 6 heteroatoms. The Morgan fingerprint density at radius 2 is 1.83 bits per heavy atom. The van der Waals surface area contributed by atoms with E-state index < -0.39 is 11.7 Å². The van der Waals surface area contributed by atoms with Crippen molar-refractivity contribution < 1.29 is 18.7 Å². The van der Waals surface area contributed by atoms with Gasteiger partial charge in [-0.25, -0.2) is 4.39 Å². The zero-order valence-electron chi connectivity index (χ0n) is 13.1. The summed E-state index contributed by atoms with van der Waals surface area (Å²) in [5, 5.41) is 2.67. The third-order valence-electron chi connectivity index (χ3n) is 3.27. The first kappa shape index (κ1) is 17.9. The predicted molar refractivity (Wildman–Crippen MR) is 91.2 cm³/mol. The van der Waals surface area contributed by atoms with Crippen molar-refractivity contribution in [3.8, 4) is 5.75 Å². The maximum atomic E-state index is 13.6. The van der Waals surface area contributed by atoms with Crippen LogP contribution >= 0.6 is 11.6 Å². The van der Waals surface area contributed by atoms with Gasteiger partial charge >= 0.3 is 0 Å². The number of ether oxygens (including phenoxy) is 1. The summed E-state index contributed by atoms with van der Waals surface area (Å²) in [5.74, 6) is -0.529. The molecule has 24 heavy (non-hydrogen) atoms. The zero-order valence-corrected chi connectivity index (χ0v) is 13.9. The van der Waals surface area contributed by atoms with E-state index in [2.05, 4.69) is 5.32 Å². The molecule has 0 aliphatic rings. The van der Waals surface area contributed by atoms with Gasteiger partial charge < -0.3 is 10.1 Å². The zero-order chi connectivity index (χ0) is 17.5. The number of hydrogen-bond donors (Lipinski definition) is 1. The number of benzene rings is 2. The maximum Gasteiger partial charge on any atom is 0.224 e. The van der Waals surface area contributed by atoms with E-state index in [0.717, 1.165) is 6.07 Å². The summed E-state index contributed by atoms with van der Waals surface area (Å²) in [7, 11) is 0. The van der Waals surface area contributed by atoms with Crippen LogP contribution in [0.4, 0.5) is 10.1 Å². The molecule has 0 heterocycles. The van der Waals surface area contributed by atoms with Crippen LogP contribution < -0.4 is 10.1 Å². The van der Waals surface area contributed by atoms with Crippen LogP contribution in [0.15, 0.2) is 42.5 Å². The van der Waals surface area contributed by atoms with Crippen molar-refractivity contribution in [3.63, 3.8) is 0 Å². The van der Waals surface area contributed by atoms with Gasteiger partial charge in [0.25, 0.3) is 0 Å². The minimum Gasteiger partial charge on any atom is -0.494 e. The number of nitrogens with one attached hydrogen (secondary N) is 1. The Balaban J connectivity index is 1.87. The number of hydrogen-bond acceptors (Lipinski definition) is 3. The molecule has 2 aromatic rings. The third kappa shape index (κ3) is 5.06. The lowest BCUT2D eigenvalue weighted by molar-refractivity contribution is -0.116. The van der Waals surface area contributed by atoms with E-state index >= 15 is 0 Å². The summed E-state index contributed by atoms with van der Waals surface area (Å²) in [6, 6.07) is 10.7. The molecule has 0 saturated carbocycles. The SMILES string of the molecule is CCOc1ccc(C(=O)CCC(=O)Nc2ccc(Cl)cc2F)cc1. The standard InChI is InChI=1S/C18H17ClFNO3/c1-2-24-14-6-3-12(4-7-14)17(22)9-10-18(23)21-16-8-5-13(19)11-15(16)20/h3-8,11H,2,9-10H2,1H3,(H,21,23). The average Bonchev–Trinajstić information content (AvgIpc) is 2.56. The third-order valence-corrected chi connectivity index (χ3v) is 3.51. The highest BCUT2D eigenvalue weighted by Gasteiger charge is 2.11. The van der Waals surface area contributed by atoms with E-state index in [-0.39, 0.29) is 29.3 Å². The fraction of sp³-hybridized carbons (Fsp3) is 0.222. The molecule has 0 unspecified atom stereocenters. The molecule has 0 aromatic heterocycles. The van der Waals surface area contributed by atoms with E-state index in [0.29, 0.717) is 17.9 Å². The molecule has 1 N–H and O–H groups in total. The number of Topliss-reactive ketones (excluding diaryl/α,β-unsaturated/α-hetero) is 1. The van der Waals surface area contributed by atoms with Crippen LogP contribution in [0.1, 0.15) is 30.1 Å². The molecule has 126 valence electrons.